The number of ether oxygens (including phenoxy) is 2. The van der Waals surface area contributed by atoms with E-state index in [-0.39, 0.29) is 63.1 Å². The van der Waals surface area contributed by atoms with E-state index in [1.807, 2.05) is 34.6 Å². The number of hydrogen-bond acceptors (Lipinski definition) is 2. The van der Waals surface area contributed by atoms with E-state index < -0.39 is 11.3 Å². The Morgan fingerprint density at radius 1 is 1.07 bits per heavy atom. The molecule has 1 fully saturated rings. The normalized spacial score (nSPS) is 40.1. The molecule has 78 valence electrons. The van der Waals surface area contributed by atoms with E-state index in [1.165, 1.54) is 0 Å². The van der Waals surface area contributed by atoms with E-state index in [0.717, 1.165) is 0 Å². The summed E-state index contributed by atoms with van der Waals surface area (Å²) >= 11 is 0. The van der Waals surface area contributed by atoms with Gasteiger partial charge in [-0.3, -0.25) is 0 Å². The van der Waals surface area contributed by atoms with Gasteiger partial charge < -0.3 is 15.2 Å². The van der Waals surface area contributed by atoms with Gasteiger partial charge in [0.25, 0.3) is 0 Å². The van der Waals surface area contributed by atoms with Crippen LogP contribution < -0.4 is 51.4 Å². The van der Waals surface area contributed by atoms with Crippen LogP contribution in [0, 0.1) is 0 Å². The van der Waals surface area contributed by atoms with Crippen LogP contribution >= 0.6 is 0 Å². The van der Waals surface area contributed by atoms with Gasteiger partial charge in [-0.15, -0.1) is 0 Å². The van der Waals surface area contributed by atoms with Crippen LogP contribution in [-0.2, 0) is 9.47 Å². The van der Waals surface area contributed by atoms with Gasteiger partial charge in [0.2, 0.25) is 0 Å². The minimum atomic E-state index is -0.970. The first-order valence-electron chi connectivity index (χ1n) is 4.71. The fourth-order valence-electron chi connectivity index (χ4n) is 1.48. The van der Waals surface area contributed by atoms with Crippen LogP contribution in [-0.4, -0.2) is 23.0 Å². The average molecular weight is 225 g/mol. The third-order valence-corrected chi connectivity index (χ3v) is 3.06. The zero-order valence-corrected chi connectivity index (χ0v) is 13.5. The van der Waals surface area contributed by atoms with Crippen molar-refractivity contribution in [3.63, 3.8) is 0 Å². The summed E-state index contributed by atoms with van der Waals surface area (Å²) in [4.78, 5) is 0. The van der Waals surface area contributed by atoms with Crippen LogP contribution in [0.3, 0.4) is 0 Å². The molecule has 0 aromatic heterocycles. The Balaban J connectivity index is 0.00000169. The molecule has 0 aromatic rings. The average Bonchev–Trinajstić information content (AvgIpc) is 1.80. The second-order valence-electron chi connectivity index (χ2n) is 5.01. The molecule has 4 heteroatoms. The second-order valence-corrected chi connectivity index (χ2v) is 5.01. The van der Waals surface area contributed by atoms with Crippen molar-refractivity contribution in [2.24, 2.45) is 0 Å². The Kier molecular flexibility index (Phi) is 4.89. The minimum absolute atomic E-state index is 0. The van der Waals surface area contributed by atoms with E-state index in [0.29, 0.717) is 0 Å². The molecule has 1 heterocycles. The number of rotatable bonds is 0. The van der Waals surface area contributed by atoms with Crippen LogP contribution in [0.1, 0.15) is 41.5 Å². The molecular weight excluding hydrogens is 205 g/mol. The molecule has 0 spiro atoms. The molecule has 3 nitrogen and oxygen atoms in total. The predicted molar refractivity (Wildman–Crippen MR) is 52.5 cm³/mol. The summed E-state index contributed by atoms with van der Waals surface area (Å²) in [5.74, 6) is 0. The van der Waals surface area contributed by atoms with Gasteiger partial charge in [0.05, 0.1) is 17.3 Å². The molecule has 2 atom stereocenters. The van der Waals surface area contributed by atoms with Crippen molar-refractivity contribution in [3.05, 3.63) is 5.73 Å². The van der Waals surface area contributed by atoms with Crippen LogP contribution in [0.25, 0.3) is 5.73 Å². The third-order valence-electron chi connectivity index (χ3n) is 3.06. The maximum Gasteiger partial charge on any atom is 1.00 e. The first kappa shape index (κ1) is 15.5. The van der Waals surface area contributed by atoms with E-state index in [1.54, 1.807) is 6.92 Å². The van der Waals surface area contributed by atoms with Gasteiger partial charge in [-0.25, -0.2) is 0 Å². The molecule has 0 bridgehead atoms. The van der Waals surface area contributed by atoms with Gasteiger partial charge in [0.1, 0.15) is 0 Å². The monoisotopic (exact) mass is 225 g/mol. The minimum Gasteiger partial charge on any atom is -0.647 e. The molecule has 1 aliphatic heterocycles. The quantitative estimate of drug-likeness (QED) is 0.534. The maximum atomic E-state index is 7.99. The van der Waals surface area contributed by atoms with Gasteiger partial charge in [0.15, 0.2) is 0 Å². The molecule has 0 amide bonds. The molecule has 0 aliphatic carbocycles. The molecule has 2 unspecified atom stereocenters. The van der Waals surface area contributed by atoms with Crippen molar-refractivity contribution < 1.29 is 60.9 Å². The summed E-state index contributed by atoms with van der Waals surface area (Å²) in [6.07, 6.45) is -0.0528. The molecule has 0 saturated carbocycles. The van der Waals surface area contributed by atoms with Crippen LogP contribution in [0.5, 0.6) is 0 Å². The Bertz CT molecular complexity index is 214. The molecule has 1 rings (SSSR count). The van der Waals surface area contributed by atoms with E-state index in [9.17, 15) is 0 Å². The summed E-state index contributed by atoms with van der Waals surface area (Å²) in [6, 6.07) is 0. The standard InChI is InChI=1S/C10H20NO2.K/c1-7-8(2,3)13-9(4,5)10(6,11)12-7;/h7,11H,1-6H3;/q-1;+1. The van der Waals surface area contributed by atoms with Crippen molar-refractivity contribution in [1.82, 2.24) is 0 Å². The van der Waals surface area contributed by atoms with Crippen LogP contribution in [0.15, 0.2) is 0 Å². The largest absolute Gasteiger partial charge is 1.00 e. The van der Waals surface area contributed by atoms with Gasteiger partial charge in [-0.2, -0.15) is 0 Å². The van der Waals surface area contributed by atoms with Crippen molar-refractivity contribution in [3.8, 4) is 0 Å². The van der Waals surface area contributed by atoms with Crippen molar-refractivity contribution in [2.45, 2.75) is 64.6 Å². The Hall–Kier alpha value is 1.52. The fourth-order valence-corrected chi connectivity index (χ4v) is 1.48. The molecule has 14 heavy (non-hydrogen) atoms. The zero-order valence-electron chi connectivity index (χ0n) is 10.4. The Morgan fingerprint density at radius 2 is 1.50 bits per heavy atom. The van der Waals surface area contributed by atoms with E-state index in [2.05, 4.69) is 0 Å². The molecule has 0 aromatic carbocycles. The molecule has 1 N–H and O–H groups in total. The summed E-state index contributed by atoms with van der Waals surface area (Å²) < 4.78 is 11.5. The topological polar surface area (TPSA) is 42.3 Å². The smallest absolute Gasteiger partial charge is 0.647 e. The SMILES string of the molecule is CC1OC(C)([NH-])C(C)(C)OC1(C)C.[K+]. The molecule has 1 saturated heterocycles. The van der Waals surface area contributed by atoms with Gasteiger partial charge >= 0.3 is 51.4 Å². The molecule has 1 aliphatic rings. The first-order valence-corrected chi connectivity index (χ1v) is 4.71. The Morgan fingerprint density at radius 3 is 1.86 bits per heavy atom. The third kappa shape index (κ3) is 2.80. The summed E-state index contributed by atoms with van der Waals surface area (Å²) in [6.45, 7) is 11.5. The molecular formula is C10H20KNO2. The number of nitrogens with one attached hydrogen (secondary N) is 1. The summed E-state index contributed by atoms with van der Waals surface area (Å²) in [5, 5.41) is 0. The maximum absolute atomic E-state index is 7.99. The van der Waals surface area contributed by atoms with Crippen molar-refractivity contribution in [2.75, 3.05) is 0 Å². The summed E-state index contributed by atoms with van der Waals surface area (Å²) in [5.41, 5.74) is 6.14. The van der Waals surface area contributed by atoms with Crippen molar-refractivity contribution in [1.29, 1.82) is 0 Å². The van der Waals surface area contributed by atoms with Gasteiger partial charge in [-0.1, -0.05) is 6.92 Å². The fraction of sp³-hybridized carbons (Fsp3) is 1.00. The van der Waals surface area contributed by atoms with Crippen LogP contribution in [0.4, 0.5) is 0 Å². The van der Waals surface area contributed by atoms with Gasteiger partial charge in [0, 0.05) is 5.72 Å². The van der Waals surface area contributed by atoms with Crippen molar-refractivity contribution >= 4 is 0 Å². The van der Waals surface area contributed by atoms with Gasteiger partial charge in [-0.05, 0) is 34.6 Å². The molecule has 0 radical (unpaired) electrons. The Labute approximate surface area is 130 Å². The number of hydrogen-bond donors (Lipinski definition) is 0. The predicted octanol–water partition coefficient (Wildman–Crippen LogP) is -0.249. The van der Waals surface area contributed by atoms with Crippen LogP contribution in [0.2, 0.25) is 0 Å². The second kappa shape index (κ2) is 4.41. The zero-order chi connectivity index (χ0) is 10.5. The van der Waals surface area contributed by atoms with E-state index in [4.69, 9.17) is 15.2 Å². The first-order chi connectivity index (χ1) is 5.58. The van der Waals surface area contributed by atoms with E-state index >= 15 is 0 Å². The summed E-state index contributed by atoms with van der Waals surface area (Å²) in [7, 11) is 0.